The van der Waals surface area contributed by atoms with Crippen molar-refractivity contribution in [1.82, 2.24) is 4.90 Å². The molecular weight excluding hydrogens is 502 g/mol. The van der Waals surface area contributed by atoms with E-state index < -0.39 is 17.4 Å². The van der Waals surface area contributed by atoms with Crippen molar-refractivity contribution in [2.45, 2.75) is 163 Å². The van der Waals surface area contributed by atoms with Crippen molar-refractivity contribution in [2.24, 2.45) is 5.41 Å². The number of carbonyl (C=O) groups excluding carboxylic acids is 2. The van der Waals surface area contributed by atoms with Gasteiger partial charge in [0.25, 0.3) is 0 Å². The average Bonchev–Trinajstić information content (AvgIpc) is 2.96. The Morgan fingerprint density at radius 3 is 1.48 bits per heavy atom. The van der Waals surface area contributed by atoms with Gasteiger partial charge in [-0.2, -0.15) is 0 Å². The van der Waals surface area contributed by atoms with Crippen LogP contribution in [-0.4, -0.2) is 61.4 Å². The first-order valence-corrected chi connectivity index (χ1v) is 17.1. The molecule has 1 N–H and O–H groups in total. The molecule has 0 aliphatic heterocycles. The normalized spacial score (nSPS) is 12.9. The Hall–Kier alpha value is -1.14. The standard InChI is InChI=1S/C34H67NO5/c1-5-8-10-12-14-15-17-21-26-35(28-24-29-36)27-22-18-16-20-25-34(4,32(37)39-30-7-3)33(38)40-31-23-19-13-11-9-6-2/h36H,5-31H2,1-4H3. The van der Waals surface area contributed by atoms with Gasteiger partial charge >= 0.3 is 11.9 Å². The van der Waals surface area contributed by atoms with Gasteiger partial charge in [0.15, 0.2) is 5.41 Å². The lowest BCUT2D eigenvalue weighted by molar-refractivity contribution is -0.172. The molecule has 0 fully saturated rings. The van der Waals surface area contributed by atoms with E-state index in [4.69, 9.17) is 9.47 Å². The first-order valence-electron chi connectivity index (χ1n) is 17.1. The van der Waals surface area contributed by atoms with Gasteiger partial charge in [-0.05, 0) is 58.5 Å². The summed E-state index contributed by atoms with van der Waals surface area (Å²) in [6.45, 7) is 12.2. The summed E-state index contributed by atoms with van der Waals surface area (Å²) in [5.74, 6) is -0.870. The minimum Gasteiger partial charge on any atom is -0.465 e. The van der Waals surface area contributed by atoms with E-state index in [1.54, 1.807) is 6.92 Å². The van der Waals surface area contributed by atoms with Gasteiger partial charge in [-0.15, -0.1) is 0 Å². The molecule has 0 aromatic carbocycles. The maximum Gasteiger partial charge on any atom is 0.323 e. The van der Waals surface area contributed by atoms with Crippen LogP contribution in [0.1, 0.15) is 163 Å². The minimum absolute atomic E-state index is 0.246. The first-order chi connectivity index (χ1) is 19.5. The number of esters is 2. The number of hydrogen-bond donors (Lipinski definition) is 1. The van der Waals surface area contributed by atoms with Gasteiger partial charge in [0, 0.05) is 13.2 Å². The molecule has 6 heteroatoms. The fraction of sp³-hybridized carbons (Fsp3) is 0.941. The monoisotopic (exact) mass is 570 g/mol. The second-order valence-electron chi connectivity index (χ2n) is 11.9. The van der Waals surface area contributed by atoms with Crippen molar-refractivity contribution >= 4 is 11.9 Å². The molecule has 238 valence electrons. The van der Waals surface area contributed by atoms with E-state index in [2.05, 4.69) is 18.7 Å². The fourth-order valence-electron chi connectivity index (χ4n) is 5.11. The highest BCUT2D eigenvalue weighted by Crippen LogP contribution is 2.29. The van der Waals surface area contributed by atoms with Crippen LogP contribution >= 0.6 is 0 Å². The Bertz CT molecular complexity index is 585. The molecule has 0 saturated carbocycles. The van der Waals surface area contributed by atoms with Crippen molar-refractivity contribution in [1.29, 1.82) is 0 Å². The van der Waals surface area contributed by atoms with Gasteiger partial charge in [-0.1, -0.05) is 117 Å². The summed E-state index contributed by atoms with van der Waals surface area (Å²) in [6.07, 6.45) is 23.4. The van der Waals surface area contributed by atoms with E-state index in [1.165, 1.54) is 70.6 Å². The molecule has 0 rings (SSSR count). The van der Waals surface area contributed by atoms with Crippen molar-refractivity contribution in [3.8, 4) is 0 Å². The van der Waals surface area contributed by atoms with Gasteiger partial charge in [0.2, 0.25) is 0 Å². The molecule has 0 amide bonds. The van der Waals surface area contributed by atoms with Crippen molar-refractivity contribution in [3.63, 3.8) is 0 Å². The zero-order valence-corrected chi connectivity index (χ0v) is 27.1. The second kappa shape index (κ2) is 28.0. The highest BCUT2D eigenvalue weighted by atomic mass is 16.6. The summed E-state index contributed by atoms with van der Waals surface area (Å²) in [4.78, 5) is 28.3. The van der Waals surface area contributed by atoms with Crippen LogP contribution in [0.3, 0.4) is 0 Å². The molecule has 0 bridgehead atoms. The smallest absolute Gasteiger partial charge is 0.323 e. The molecule has 0 heterocycles. The van der Waals surface area contributed by atoms with E-state index in [-0.39, 0.29) is 6.61 Å². The maximum absolute atomic E-state index is 13.0. The molecule has 0 saturated heterocycles. The van der Waals surface area contributed by atoms with Crippen molar-refractivity contribution < 1.29 is 24.2 Å². The fourth-order valence-corrected chi connectivity index (χ4v) is 5.11. The quantitative estimate of drug-likeness (QED) is 0.0530. The minimum atomic E-state index is -1.22. The molecule has 1 unspecified atom stereocenters. The lowest BCUT2D eigenvalue weighted by Gasteiger charge is -2.25. The molecule has 1 atom stereocenters. The lowest BCUT2D eigenvalue weighted by atomic mass is 9.84. The molecule has 40 heavy (non-hydrogen) atoms. The number of nitrogens with zero attached hydrogens (tertiary/aromatic N) is 1. The summed E-state index contributed by atoms with van der Waals surface area (Å²) in [5, 5.41) is 9.30. The third-order valence-corrected chi connectivity index (χ3v) is 7.93. The third-order valence-electron chi connectivity index (χ3n) is 7.93. The van der Waals surface area contributed by atoms with Crippen molar-refractivity contribution in [3.05, 3.63) is 0 Å². The second-order valence-corrected chi connectivity index (χ2v) is 11.9. The zero-order valence-electron chi connectivity index (χ0n) is 27.1. The van der Waals surface area contributed by atoms with Crippen molar-refractivity contribution in [2.75, 3.05) is 39.5 Å². The Labute approximate surface area is 248 Å². The predicted octanol–water partition coefficient (Wildman–Crippen LogP) is 8.63. The summed E-state index contributed by atoms with van der Waals surface area (Å²) >= 11 is 0. The number of rotatable bonds is 30. The summed E-state index contributed by atoms with van der Waals surface area (Å²) in [6, 6.07) is 0. The largest absolute Gasteiger partial charge is 0.465 e. The Kier molecular flexibility index (Phi) is 27.2. The SMILES string of the molecule is CCCCCCCCCCN(CCCO)CCCCCCC(C)(C(=O)OCCC)C(=O)OCCCCCCCC. The number of ether oxygens (including phenoxy) is 2. The van der Waals surface area contributed by atoms with Crippen LogP contribution in [0.2, 0.25) is 0 Å². The molecule has 0 radical (unpaired) electrons. The summed E-state index contributed by atoms with van der Waals surface area (Å²) in [7, 11) is 0. The van der Waals surface area contributed by atoms with Gasteiger partial charge in [-0.25, -0.2) is 0 Å². The molecular formula is C34H67NO5. The highest BCUT2D eigenvalue weighted by Gasteiger charge is 2.43. The van der Waals surface area contributed by atoms with Crippen LogP contribution < -0.4 is 0 Å². The van der Waals surface area contributed by atoms with Crippen LogP contribution in [0.25, 0.3) is 0 Å². The van der Waals surface area contributed by atoms with E-state index in [1.807, 2.05) is 6.92 Å². The van der Waals surface area contributed by atoms with Gasteiger partial charge < -0.3 is 19.5 Å². The Morgan fingerprint density at radius 2 is 0.975 bits per heavy atom. The van der Waals surface area contributed by atoms with Gasteiger partial charge in [0.1, 0.15) is 0 Å². The average molecular weight is 570 g/mol. The van der Waals surface area contributed by atoms with Crippen LogP contribution in [0.15, 0.2) is 0 Å². The Balaban J connectivity index is 4.43. The van der Waals surface area contributed by atoms with E-state index in [0.29, 0.717) is 19.6 Å². The molecule has 6 nitrogen and oxygen atoms in total. The van der Waals surface area contributed by atoms with Crippen LogP contribution in [0.5, 0.6) is 0 Å². The molecule has 0 aromatic heterocycles. The van der Waals surface area contributed by atoms with Gasteiger partial charge in [-0.3, -0.25) is 9.59 Å². The summed E-state index contributed by atoms with van der Waals surface area (Å²) in [5.41, 5.74) is -1.22. The van der Waals surface area contributed by atoms with Gasteiger partial charge in [0.05, 0.1) is 13.2 Å². The van der Waals surface area contributed by atoms with E-state index in [0.717, 1.165) is 77.4 Å². The van der Waals surface area contributed by atoms with Crippen LogP contribution in [0, 0.1) is 5.41 Å². The van der Waals surface area contributed by atoms with E-state index in [9.17, 15) is 14.7 Å². The highest BCUT2D eigenvalue weighted by molar-refractivity contribution is 5.99. The topological polar surface area (TPSA) is 76.1 Å². The number of unbranched alkanes of at least 4 members (excludes halogenated alkanes) is 15. The first kappa shape index (κ1) is 38.9. The molecule has 0 aliphatic rings. The molecule has 0 aliphatic carbocycles. The zero-order chi connectivity index (χ0) is 29.7. The predicted molar refractivity (Wildman–Crippen MR) is 168 cm³/mol. The lowest BCUT2D eigenvalue weighted by Crippen LogP contribution is -2.39. The Morgan fingerprint density at radius 1 is 0.550 bits per heavy atom. The summed E-state index contributed by atoms with van der Waals surface area (Å²) < 4.78 is 11.0. The van der Waals surface area contributed by atoms with E-state index >= 15 is 0 Å². The third kappa shape index (κ3) is 20.7. The maximum atomic E-state index is 13.0. The molecule has 0 aromatic rings. The number of carbonyl (C=O) groups is 2. The van der Waals surface area contributed by atoms with Crippen LogP contribution in [-0.2, 0) is 19.1 Å². The number of aliphatic hydroxyl groups is 1. The molecule has 0 spiro atoms. The number of aliphatic hydroxyl groups excluding tert-OH is 1. The number of hydrogen-bond acceptors (Lipinski definition) is 6. The van der Waals surface area contributed by atoms with Crippen LogP contribution in [0.4, 0.5) is 0 Å².